The third-order valence-corrected chi connectivity index (χ3v) is 4.76. The maximum Gasteiger partial charge on any atom is 0.389 e. The Morgan fingerprint density at radius 1 is 1.05 bits per heavy atom. The lowest BCUT2D eigenvalue weighted by Crippen LogP contribution is -2.31. The average Bonchev–Trinajstić information content (AvgIpc) is 2.70. The molecule has 22 heavy (non-hydrogen) atoms. The Bertz CT molecular complexity index is 539. The summed E-state index contributed by atoms with van der Waals surface area (Å²) in [5.41, 5.74) is 0.797. The number of imide groups is 1. The molecule has 1 unspecified atom stereocenters. The van der Waals surface area contributed by atoms with Gasteiger partial charge in [-0.2, -0.15) is 13.2 Å². The van der Waals surface area contributed by atoms with Crippen LogP contribution in [0.1, 0.15) is 46.4 Å². The third kappa shape index (κ3) is 4.21. The number of fused-ring (bicyclic) bond motifs is 1. The summed E-state index contributed by atoms with van der Waals surface area (Å²) in [6, 6.07) is 6.62. The molecule has 7 heteroatoms. The van der Waals surface area contributed by atoms with Gasteiger partial charge in [-0.1, -0.05) is 34.7 Å². The van der Waals surface area contributed by atoms with E-state index in [9.17, 15) is 22.8 Å². The van der Waals surface area contributed by atoms with E-state index in [4.69, 9.17) is 0 Å². The molecule has 3 nitrogen and oxygen atoms in total. The molecule has 1 aliphatic heterocycles. The molecular weight excluding hydrogens is 410 g/mol. The van der Waals surface area contributed by atoms with E-state index < -0.39 is 12.6 Å². The molecule has 0 saturated carbocycles. The second-order valence-electron chi connectivity index (χ2n) is 5.20. The zero-order chi connectivity index (χ0) is 16.3. The monoisotopic (exact) mass is 425 g/mol. The first kappa shape index (κ1) is 17.2. The number of alkyl halides is 4. The van der Waals surface area contributed by atoms with E-state index in [0.29, 0.717) is 24.0 Å². The van der Waals surface area contributed by atoms with Crippen LogP contribution < -0.4 is 0 Å². The summed E-state index contributed by atoms with van der Waals surface area (Å²) in [5.74, 6) is -0.637. The topological polar surface area (TPSA) is 37.4 Å². The molecular formula is C15H15F3INO2. The van der Waals surface area contributed by atoms with Crippen molar-refractivity contribution in [3.63, 3.8) is 0 Å². The highest BCUT2D eigenvalue weighted by molar-refractivity contribution is 14.1. The number of nitrogens with zero attached hydrogens (tertiary/aromatic N) is 1. The largest absolute Gasteiger partial charge is 0.389 e. The van der Waals surface area contributed by atoms with Crippen molar-refractivity contribution >= 4 is 34.4 Å². The first-order chi connectivity index (χ1) is 10.3. The van der Waals surface area contributed by atoms with Crippen LogP contribution in [0.2, 0.25) is 0 Å². The van der Waals surface area contributed by atoms with Crippen molar-refractivity contribution in [1.82, 2.24) is 4.90 Å². The van der Waals surface area contributed by atoms with Crippen LogP contribution in [0, 0.1) is 0 Å². The summed E-state index contributed by atoms with van der Waals surface area (Å²) in [6.07, 6.45) is -3.81. The van der Waals surface area contributed by atoms with Crippen molar-refractivity contribution in [2.75, 3.05) is 6.54 Å². The molecule has 0 aromatic heterocycles. The van der Waals surface area contributed by atoms with Crippen LogP contribution in [0.3, 0.4) is 0 Å². The molecule has 0 fully saturated rings. The molecule has 2 rings (SSSR count). The van der Waals surface area contributed by atoms with Crippen molar-refractivity contribution in [2.24, 2.45) is 0 Å². The molecule has 120 valence electrons. The van der Waals surface area contributed by atoms with Gasteiger partial charge in [0.2, 0.25) is 0 Å². The van der Waals surface area contributed by atoms with E-state index in [-0.39, 0.29) is 28.7 Å². The van der Waals surface area contributed by atoms with Gasteiger partial charge in [0, 0.05) is 16.9 Å². The normalized spacial score (nSPS) is 16.1. The second kappa shape index (κ2) is 6.97. The Morgan fingerprint density at radius 3 is 2.09 bits per heavy atom. The SMILES string of the molecule is O=C1c2ccccc2C(=O)N1CCCC(I)CCC(F)(F)F. The Morgan fingerprint density at radius 2 is 1.59 bits per heavy atom. The predicted octanol–water partition coefficient (Wildman–Crippen LogP) is 4.21. The smallest absolute Gasteiger partial charge is 0.274 e. The maximum atomic E-state index is 12.1. The minimum Gasteiger partial charge on any atom is -0.274 e. The molecule has 0 spiro atoms. The number of rotatable bonds is 6. The molecule has 1 atom stereocenters. The Labute approximate surface area is 140 Å². The standard InChI is InChI=1S/C15H15F3INO2/c16-15(17,18)8-7-10(19)4-3-9-20-13(21)11-5-1-2-6-12(11)14(20)22/h1-2,5-6,10H,3-4,7-9H2. The summed E-state index contributed by atoms with van der Waals surface area (Å²) >= 11 is 1.99. The molecule has 1 heterocycles. The molecule has 0 N–H and O–H groups in total. The van der Waals surface area contributed by atoms with E-state index in [2.05, 4.69) is 0 Å². The zero-order valence-electron chi connectivity index (χ0n) is 11.7. The van der Waals surface area contributed by atoms with Gasteiger partial charge in [-0.15, -0.1) is 0 Å². The maximum absolute atomic E-state index is 12.1. The molecule has 0 radical (unpaired) electrons. The first-order valence-electron chi connectivity index (χ1n) is 6.95. The van der Waals surface area contributed by atoms with Gasteiger partial charge in [0.15, 0.2) is 0 Å². The van der Waals surface area contributed by atoms with Gasteiger partial charge in [-0.25, -0.2) is 0 Å². The Hall–Kier alpha value is -1.12. The third-order valence-electron chi connectivity index (χ3n) is 3.52. The summed E-state index contributed by atoms with van der Waals surface area (Å²) in [7, 11) is 0. The van der Waals surface area contributed by atoms with Crippen molar-refractivity contribution in [2.45, 2.75) is 35.8 Å². The van der Waals surface area contributed by atoms with Crippen molar-refractivity contribution in [3.05, 3.63) is 35.4 Å². The highest BCUT2D eigenvalue weighted by Crippen LogP contribution is 2.27. The fraction of sp³-hybridized carbons (Fsp3) is 0.467. The van der Waals surface area contributed by atoms with Gasteiger partial charge in [0.05, 0.1) is 11.1 Å². The number of carbonyl (C=O) groups is 2. The van der Waals surface area contributed by atoms with Crippen molar-refractivity contribution < 1.29 is 22.8 Å². The Balaban J connectivity index is 1.81. The van der Waals surface area contributed by atoms with E-state index in [1.807, 2.05) is 22.6 Å². The van der Waals surface area contributed by atoms with Gasteiger partial charge in [0.25, 0.3) is 11.8 Å². The van der Waals surface area contributed by atoms with Crippen LogP contribution in [0.4, 0.5) is 13.2 Å². The molecule has 0 saturated heterocycles. The van der Waals surface area contributed by atoms with Crippen LogP contribution in [0.15, 0.2) is 24.3 Å². The van der Waals surface area contributed by atoms with Gasteiger partial charge in [-0.3, -0.25) is 14.5 Å². The molecule has 2 amide bonds. The molecule has 1 aromatic carbocycles. The van der Waals surface area contributed by atoms with Crippen LogP contribution in [-0.2, 0) is 0 Å². The quantitative estimate of drug-likeness (QED) is 0.389. The fourth-order valence-electron chi connectivity index (χ4n) is 2.38. The van der Waals surface area contributed by atoms with Crippen LogP contribution in [0.5, 0.6) is 0 Å². The summed E-state index contributed by atoms with van der Waals surface area (Å²) in [4.78, 5) is 25.4. The number of benzene rings is 1. The lowest BCUT2D eigenvalue weighted by atomic mass is 10.1. The molecule has 0 bridgehead atoms. The minimum absolute atomic E-state index is 0.0617. The number of carbonyl (C=O) groups excluding carboxylic acids is 2. The first-order valence-corrected chi connectivity index (χ1v) is 8.20. The number of hydrogen-bond acceptors (Lipinski definition) is 2. The summed E-state index contributed by atoms with van der Waals surface area (Å²) in [6.45, 7) is 0.248. The summed E-state index contributed by atoms with van der Waals surface area (Å²) in [5, 5.41) is 0. The van der Waals surface area contributed by atoms with E-state index in [1.54, 1.807) is 24.3 Å². The van der Waals surface area contributed by atoms with Gasteiger partial charge < -0.3 is 0 Å². The Kier molecular flexibility index (Phi) is 5.46. The molecule has 1 aliphatic rings. The van der Waals surface area contributed by atoms with Crippen molar-refractivity contribution in [3.8, 4) is 0 Å². The van der Waals surface area contributed by atoms with Gasteiger partial charge >= 0.3 is 6.18 Å². The highest BCUT2D eigenvalue weighted by atomic mass is 127. The van der Waals surface area contributed by atoms with E-state index >= 15 is 0 Å². The lowest BCUT2D eigenvalue weighted by Gasteiger charge is -2.16. The minimum atomic E-state index is -4.13. The molecule has 1 aromatic rings. The predicted molar refractivity (Wildman–Crippen MR) is 84.1 cm³/mol. The summed E-state index contributed by atoms with van der Waals surface area (Å²) < 4.78 is 36.3. The highest BCUT2D eigenvalue weighted by Gasteiger charge is 2.34. The van der Waals surface area contributed by atoms with Crippen LogP contribution in [-0.4, -0.2) is 33.4 Å². The zero-order valence-corrected chi connectivity index (χ0v) is 13.9. The van der Waals surface area contributed by atoms with E-state index in [0.717, 1.165) is 0 Å². The van der Waals surface area contributed by atoms with Crippen molar-refractivity contribution in [1.29, 1.82) is 0 Å². The average molecular weight is 425 g/mol. The van der Waals surface area contributed by atoms with Crippen LogP contribution in [0.25, 0.3) is 0 Å². The lowest BCUT2D eigenvalue weighted by molar-refractivity contribution is -0.135. The van der Waals surface area contributed by atoms with Crippen LogP contribution >= 0.6 is 22.6 Å². The number of hydrogen-bond donors (Lipinski definition) is 0. The van der Waals surface area contributed by atoms with Gasteiger partial charge in [0.1, 0.15) is 0 Å². The number of halogens is 4. The van der Waals surface area contributed by atoms with E-state index in [1.165, 1.54) is 4.90 Å². The molecule has 0 aliphatic carbocycles. The number of amides is 2. The van der Waals surface area contributed by atoms with Gasteiger partial charge in [-0.05, 0) is 31.4 Å². The fourth-order valence-corrected chi connectivity index (χ4v) is 3.13. The second-order valence-corrected chi connectivity index (χ2v) is 6.96.